The van der Waals surface area contributed by atoms with Gasteiger partial charge in [0.05, 0.1) is 5.75 Å². The summed E-state index contributed by atoms with van der Waals surface area (Å²) in [6.45, 7) is 0.0310. The maximum atomic E-state index is 10.2. The molecule has 0 radical (unpaired) electrons. The average Bonchev–Trinajstić information content (AvgIpc) is 1.79. The monoisotopic (exact) mass is 182 g/mol. The minimum Gasteiger partial charge on any atom is -0.357 e. The second-order valence-corrected chi connectivity index (χ2v) is 3.53. The van der Waals surface area contributed by atoms with Crippen LogP contribution in [0, 0.1) is 0 Å². The molecule has 7 heteroatoms. The minimum atomic E-state index is -4.03. The highest BCUT2D eigenvalue weighted by molar-refractivity contribution is 7.85. The van der Waals surface area contributed by atoms with Crippen molar-refractivity contribution in [1.82, 2.24) is 5.32 Å². The summed E-state index contributed by atoms with van der Waals surface area (Å²) in [5, 5.41) is 2.19. The normalized spacial score (nSPS) is 14.0. The Labute approximate surface area is 64.5 Å². The second kappa shape index (κ2) is 4.27. The Balaban J connectivity index is 3.69. The van der Waals surface area contributed by atoms with E-state index in [9.17, 15) is 13.2 Å². The predicted octanol–water partition coefficient (Wildman–Crippen LogP) is -2.05. The van der Waals surface area contributed by atoms with Gasteiger partial charge in [0, 0.05) is 12.6 Å². The van der Waals surface area contributed by atoms with Crippen molar-refractivity contribution in [2.24, 2.45) is 5.73 Å². The zero-order chi connectivity index (χ0) is 8.91. The van der Waals surface area contributed by atoms with Crippen LogP contribution < -0.4 is 11.1 Å². The van der Waals surface area contributed by atoms with Crippen molar-refractivity contribution in [3.8, 4) is 0 Å². The molecule has 11 heavy (non-hydrogen) atoms. The van der Waals surface area contributed by atoms with Crippen LogP contribution in [0.1, 0.15) is 0 Å². The number of rotatable bonds is 5. The third kappa shape index (κ3) is 7.23. The van der Waals surface area contributed by atoms with Crippen LogP contribution in [-0.2, 0) is 14.9 Å². The molecule has 0 aliphatic heterocycles. The smallest absolute Gasteiger partial charge is 0.266 e. The van der Waals surface area contributed by atoms with Crippen molar-refractivity contribution < 1.29 is 17.8 Å². The Morgan fingerprint density at radius 2 is 2.18 bits per heavy atom. The Morgan fingerprint density at radius 1 is 1.64 bits per heavy atom. The molecule has 0 aliphatic carbocycles. The van der Waals surface area contributed by atoms with Crippen LogP contribution in [0.4, 0.5) is 0 Å². The number of hydrogen-bond donors (Lipinski definition) is 3. The van der Waals surface area contributed by atoms with Crippen LogP contribution in [0.25, 0.3) is 0 Å². The fourth-order valence-corrected chi connectivity index (χ4v) is 1.19. The van der Waals surface area contributed by atoms with Gasteiger partial charge in [-0.05, 0) is 0 Å². The van der Waals surface area contributed by atoms with E-state index in [-0.39, 0.29) is 6.54 Å². The molecule has 66 valence electrons. The first kappa shape index (κ1) is 10.3. The summed E-state index contributed by atoms with van der Waals surface area (Å²) in [6, 6.07) is -0.768. The van der Waals surface area contributed by atoms with Crippen LogP contribution in [0.3, 0.4) is 0 Å². The standard InChI is InChI=1S/C4H10N2O4S/c5-4(1-6-3-7)2-11(8,9)10/h3-4H,1-2,5H2,(H,6,7)(H,8,9,10). The lowest BCUT2D eigenvalue weighted by Crippen LogP contribution is -2.38. The highest BCUT2D eigenvalue weighted by Crippen LogP contribution is 1.85. The van der Waals surface area contributed by atoms with Gasteiger partial charge in [-0.1, -0.05) is 0 Å². The van der Waals surface area contributed by atoms with E-state index in [1.807, 2.05) is 0 Å². The first-order chi connectivity index (χ1) is 4.95. The van der Waals surface area contributed by atoms with Gasteiger partial charge >= 0.3 is 0 Å². The molecular weight excluding hydrogens is 172 g/mol. The van der Waals surface area contributed by atoms with Crippen molar-refractivity contribution in [2.45, 2.75) is 6.04 Å². The maximum Gasteiger partial charge on any atom is 0.266 e. The molecule has 1 atom stereocenters. The van der Waals surface area contributed by atoms with Crippen LogP contribution in [0.15, 0.2) is 0 Å². The molecule has 0 rings (SSSR count). The van der Waals surface area contributed by atoms with Gasteiger partial charge in [0.15, 0.2) is 0 Å². The van der Waals surface area contributed by atoms with E-state index in [0.717, 1.165) is 0 Å². The molecule has 0 bridgehead atoms. The molecule has 6 nitrogen and oxygen atoms in total. The summed E-state index contributed by atoms with van der Waals surface area (Å²) in [7, 11) is -4.03. The van der Waals surface area contributed by atoms with Crippen molar-refractivity contribution >= 4 is 16.5 Å². The number of nitrogens with two attached hydrogens (primary N) is 1. The first-order valence-electron chi connectivity index (χ1n) is 2.83. The van der Waals surface area contributed by atoms with Crippen LogP contribution in [-0.4, -0.2) is 37.7 Å². The van der Waals surface area contributed by atoms with Crippen molar-refractivity contribution in [1.29, 1.82) is 0 Å². The second-order valence-electron chi connectivity index (χ2n) is 2.03. The van der Waals surface area contributed by atoms with Gasteiger partial charge in [0.25, 0.3) is 10.1 Å². The Bertz CT molecular complexity index is 212. The van der Waals surface area contributed by atoms with E-state index < -0.39 is 21.9 Å². The van der Waals surface area contributed by atoms with Crippen molar-refractivity contribution in [2.75, 3.05) is 12.3 Å². The third-order valence-electron chi connectivity index (χ3n) is 0.888. The lowest BCUT2D eigenvalue weighted by atomic mass is 10.4. The van der Waals surface area contributed by atoms with Crippen molar-refractivity contribution in [3.63, 3.8) is 0 Å². The summed E-state index contributed by atoms with van der Waals surface area (Å²) in [6.07, 6.45) is 0.407. The van der Waals surface area contributed by atoms with Crippen LogP contribution in [0.2, 0.25) is 0 Å². The summed E-state index contributed by atoms with van der Waals surface area (Å²) in [5.41, 5.74) is 5.19. The SMILES string of the molecule is NC(CNC=O)CS(=O)(=O)O. The Kier molecular flexibility index (Phi) is 4.01. The molecular formula is C4H10N2O4S. The molecule has 0 saturated carbocycles. The summed E-state index contributed by atoms with van der Waals surface area (Å²) in [5.74, 6) is -0.548. The average molecular weight is 182 g/mol. The quantitative estimate of drug-likeness (QED) is 0.335. The molecule has 0 heterocycles. The van der Waals surface area contributed by atoms with Crippen LogP contribution >= 0.6 is 0 Å². The fourth-order valence-electron chi connectivity index (χ4n) is 0.529. The van der Waals surface area contributed by atoms with E-state index in [1.165, 1.54) is 0 Å². The first-order valence-corrected chi connectivity index (χ1v) is 4.44. The van der Waals surface area contributed by atoms with Gasteiger partial charge in [-0.2, -0.15) is 8.42 Å². The van der Waals surface area contributed by atoms with Gasteiger partial charge in [0.1, 0.15) is 0 Å². The molecule has 0 aromatic carbocycles. The topological polar surface area (TPSA) is 109 Å². The molecule has 1 unspecified atom stereocenters. The largest absolute Gasteiger partial charge is 0.357 e. The number of carbonyl (C=O) groups is 1. The van der Waals surface area contributed by atoms with Gasteiger partial charge in [0.2, 0.25) is 6.41 Å². The molecule has 4 N–H and O–H groups in total. The van der Waals surface area contributed by atoms with E-state index in [1.54, 1.807) is 0 Å². The molecule has 0 aromatic heterocycles. The van der Waals surface area contributed by atoms with Gasteiger partial charge in [-0.3, -0.25) is 9.35 Å². The molecule has 0 aromatic rings. The molecule has 0 saturated heterocycles. The molecule has 1 amide bonds. The Morgan fingerprint density at radius 3 is 2.55 bits per heavy atom. The zero-order valence-electron chi connectivity index (χ0n) is 5.73. The van der Waals surface area contributed by atoms with E-state index in [2.05, 4.69) is 5.32 Å². The summed E-state index contributed by atoms with van der Waals surface area (Å²) in [4.78, 5) is 9.70. The van der Waals surface area contributed by atoms with Crippen molar-refractivity contribution in [3.05, 3.63) is 0 Å². The lowest BCUT2D eigenvalue weighted by Gasteiger charge is -2.06. The fraction of sp³-hybridized carbons (Fsp3) is 0.750. The summed E-state index contributed by atoms with van der Waals surface area (Å²) >= 11 is 0. The highest BCUT2D eigenvalue weighted by Gasteiger charge is 2.11. The number of nitrogens with one attached hydrogen (secondary N) is 1. The minimum absolute atomic E-state index is 0.0310. The zero-order valence-corrected chi connectivity index (χ0v) is 6.54. The van der Waals surface area contributed by atoms with E-state index in [0.29, 0.717) is 6.41 Å². The van der Waals surface area contributed by atoms with E-state index >= 15 is 0 Å². The third-order valence-corrected chi connectivity index (χ3v) is 1.74. The maximum absolute atomic E-state index is 10.2. The number of carbonyl (C=O) groups excluding carboxylic acids is 1. The lowest BCUT2D eigenvalue weighted by molar-refractivity contribution is -0.109. The van der Waals surface area contributed by atoms with Gasteiger partial charge in [-0.25, -0.2) is 0 Å². The predicted molar refractivity (Wildman–Crippen MR) is 38.5 cm³/mol. The summed E-state index contributed by atoms with van der Waals surface area (Å²) < 4.78 is 28.6. The Hall–Kier alpha value is -0.660. The molecule has 0 fully saturated rings. The van der Waals surface area contributed by atoms with Gasteiger partial charge < -0.3 is 11.1 Å². The number of hydrogen-bond acceptors (Lipinski definition) is 4. The molecule has 0 spiro atoms. The van der Waals surface area contributed by atoms with Gasteiger partial charge in [-0.15, -0.1) is 0 Å². The number of amides is 1. The molecule has 0 aliphatic rings. The van der Waals surface area contributed by atoms with Crippen LogP contribution in [0.5, 0.6) is 0 Å². The van der Waals surface area contributed by atoms with E-state index in [4.69, 9.17) is 10.3 Å². The highest BCUT2D eigenvalue weighted by atomic mass is 32.2.